The SMILES string of the molecule is C1CCN(C2CCC3Cn4nc(N5CCOCC5)nc4N=C32)CC1. The summed E-state index contributed by atoms with van der Waals surface area (Å²) in [5.41, 5.74) is 1.38. The van der Waals surface area contributed by atoms with Gasteiger partial charge in [0.1, 0.15) is 0 Å². The quantitative estimate of drug-likeness (QED) is 0.822. The van der Waals surface area contributed by atoms with Gasteiger partial charge in [0.05, 0.1) is 19.8 Å². The highest BCUT2D eigenvalue weighted by Gasteiger charge is 2.39. The van der Waals surface area contributed by atoms with Crippen molar-refractivity contribution in [3.63, 3.8) is 0 Å². The first-order valence-electron chi connectivity index (χ1n) is 9.48. The lowest BCUT2D eigenvalue weighted by Gasteiger charge is -2.33. The molecule has 3 fully saturated rings. The first-order valence-corrected chi connectivity index (χ1v) is 9.48. The van der Waals surface area contributed by atoms with Crippen LogP contribution in [0.1, 0.15) is 32.1 Å². The van der Waals surface area contributed by atoms with Gasteiger partial charge in [-0.3, -0.25) is 4.90 Å². The Balaban J connectivity index is 1.40. The third-order valence-corrected chi connectivity index (χ3v) is 5.94. The Kier molecular flexibility index (Phi) is 3.78. The Bertz CT molecular complexity index is 629. The van der Waals surface area contributed by atoms with Crippen molar-refractivity contribution in [2.24, 2.45) is 10.9 Å². The fraction of sp³-hybridized carbons (Fsp3) is 0.824. The number of likely N-dealkylation sites (tertiary alicyclic amines) is 1. The molecular formula is C17H26N6O. The molecule has 4 aliphatic rings. The van der Waals surface area contributed by atoms with E-state index < -0.39 is 0 Å². The van der Waals surface area contributed by atoms with Gasteiger partial charge in [-0.25, -0.2) is 9.67 Å². The van der Waals surface area contributed by atoms with Crippen molar-refractivity contribution < 1.29 is 4.74 Å². The molecule has 7 nitrogen and oxygen atoms in total. The molecule has 0 N–H and O–H groups in total. The number of anilines is 1. The summed E-state index contributed by atoms with van der Waals surface area (Å²) in [6.07, 6.45) is 6.56. The highest BCUT2D eigenvalue weighted by atomic mass is 16.5. The van der Waals surface area contributed by atoms with Crippen LogP contribution in [0.4, 0.5) is 11.9 Å². The van der Waals surface area contributed by atoms with Gasteiger partial charge in [0, 0.05) is 30.8 Å². The van der Waals surface area contributed by atoms with E-state index in [9.17, 15) is 0 Å². The van der Waals surface area contributed by atoms with E-state index in [2.05, 4.69) is 9.80 Å². The van der Waals surface area contributed by atoms with Gasteiger partial charge in [0.25, 0.3) is 0 Å². The molecule has 24 heavy (non-hydrogen) atoms. The lowest BCUT2D eigenvalue weighted by atomic mass is 10.0. The molecule has 1 saturated carbocycles. The number of aromatic nitrogens is 3. The molecule has 0 spiro atoms. The van der Waals surface area contributed by atoms with Gasteiger partial charge in [0.15, 0.2) is 0 Å². The predicted octanol–water partition coefficient (Wildman–Crippen LogP) is 1.47. The summed E-state index contributed by atoms with van der Waals surface area (Å²) in [5.74, 6) is 2.20. The van der Waals surface area contributed by atoms with Crippen LogP contribution in [0.25, 0.3) is 0 Å². The number of hydrogen-bond donors (Lipinski definition) is 0. The molecule has 2 unspecified atom stereocenters. The molecule has 1 aromatic rings. The van der Waals surface area contributed by atoms with Crippen molar-refractivity contribution in [1.82, 2.24) is 19.7 Å². The second kappa shape index (κ2) is 6.11. The van der Waals surface area contributed by atoms with Gasteiger partial charge in [-0.15, -0.1) is 5.10 Å². The number of nitrogens with zero attached hydrogens (tertiary/aromatic N) is 6. The van der Waals surface area contributed by atoms with Crippen molar-refractivity contribution in [3.8, 4) is 0 Å². The van der Waals surface area contributed by atoms with Crippen LogP contribution in [0.5, 0.6) is 0 Å². The van der Waals surface area contributed by atoms with Gasteiger partial charge in [-0.05, 0) is 38.8 Å². The summed E-state index contributed by atoms with van der Waals surface area (Å²) < 4.78 is 7.45. The van der Waals surface area contributed by atoms with Crippen molar-refractivity contribution >= 4 is 17.6 Å². The topological polar surface area (TPSA) is 58.8 Å². The second-order valence-corrected chi connectivity index (χ2v) is 7.42. The maximum absolute atomic E-state index is 5.43. The zero-order chi connectivity index (χ0) is 15.9. The molecule has 1 aliphatic carbocycles. The van der Waals surface area contributed by atoms with E-state index in [1.54, 1.807) is 0 Å². The summed E-state index contributed by atoms with van der Waals surface area (Å²) in [5, 5.41) is 4.73. The zero-order valence-electron chi connectivity index (χ0n) is 14.2. The van der Waals surface area contributed by atoms with Crippen molar-refractivity contribution in [1.29, 1.82) is 0 Å². The van der Waals surface area contributed by atoms with Crippen molar-refractivity contribution in [3.05, 3.63) is 0 Å². The van der Waals surface area contributed by atoms with Crippen LogP contribution in [0.2, 0.25) is 0 Å². The molecule has 7 heteroatoms. The van der Waals surface area contributed by atoms with Gasteiger partial charge >= 0.3 is 0 Å². The fourth-order valence-electron chi connectivity index (χ4n) is 4.63. The average Bonchev–Trinajstić information content (AvgIpc) is 3.24. The van der Waals surface area contributed by atoms with E-state index in [4.69, 9.17) is 19.8 Å². The van der Waals surface area contributed by atoms with Gasteiger partial charge < -0.3 is 9.64 Å². The maximum Gasteiger partial charge on any atom is 0.249 e. The molecule has 0 aromatic carbocycles. The zero-order valence-corrected chi connectivity index (χ0v) is 14.2. The first kappa shape index (κ1) is 14.8. The Morgan fingerprint density at radius 3 is 2.62 bits per heavy atom. The molecule has 1 aromatic heterocycles. The molecule has 2 atom stereocenters. The highest BCUT2D eigenvalue weighted by molar-refractivity contribution is 5.95. The molecule has 4 heterocycles. The Morgan fingerprint density at radius 1 is 0.958 bits per heavy atom. The molecule has 0 bridgehead atoms. The number of piperidine rings is 1. The average molecular weight is 330 g/mol. The minimum atomic E-state index is 0.549. The van der Waals surface area contributed by atoms with Crippen molar-refractivity contribution in [2.45, 2.75) is 44.7 Å². The number of rotatable bonds is 2. The van der Waals surface area contributed by atoms with E-state index in [-0.39, 0.29) is 0 Å². The minimum absolute atomic E-state index is 0.549. The highest BCUT2D eigenvalue weighted by Crippen LogP contribution is 2.35. The van der Waals surface area contributed by atoms with Crippen LogP contribution in [0, 0.1) is 5.92 Å². The van der Waals surface area contributed by atoms with Crippen LogP contribution in [0.3, 0.4) is 0 Å². The molecule has 0 radical (unpaired) electrons. The Hall–Kier alpha value is -1.47. The van der Waals surface area contributed by atoms with E-state index >= 15 is 0 Å². The third kappa shape index (κ3) is 2.54. The Labute approximate surface area is 142 Å². The Morgan fingerprint density at radius 2 is 1.79 bits per heavy atom. The van der Waals surface area contributed by atoms with Crippen LogP contribution >= 0.6 is 0 Å². The predicted molar refractivity (Wildman–Crippen MR) is 92.1 cm³/mol. The largest absolute Gasteiger partial charge is 0.378 e. The summed E-state index contributed by atoms with van der Waals surface area (Å²) in [7, 11) is 0. The molecule has 2 saturated heterocycles. The molecule has 0 amide bonds. The smallest absolute Gasteiger partial charge is 0.249 e. The van der Waals surface area contributed by atoms with Gasteiger partial charge in [-0.2, -0.15) is 4.98 Å². The second-order valence-electron chi connectivity index (χ2n) is 7.42. The molecule has 3 aliphatic heterocycles. The molecule has 5 rings (SSSR count). The van der Waals surface area contributed by atoms with E-state index in [0.717, 1.165) is 44.7 Å². The number of aliphatic imine (C=N–C) groups is 1. The molecular weight excluding hydrogens is 304 g/mol. The fourth-order valence-corrected chi connectivity index (χ4v) is 4.63. The van der Waals surface area contributed by atoms with E-state index in [1.165, 1.54) is 50.9 Å². The first-order chi connectivity index (χ1) is 11.9. The van der Waals surface area contributed by atoms with Crippen LogP contribution in [0.15, 0.2) is 4.99 Å². The van der Waals surface area contributed by atoms with Crippen molar-refractivity contribution in [2.75, 3.05) is 44.3 Å². The van der Waals surface area contributed by atoms with Crippen LogP contribution in [-0.4, -0.2) is 70.8 Å². The summed E-state index contributed by atoms with van der Waals surface area (Å²) in [6, 6.07) is 0.549. The monoisotopic (exact) mass is 330 g/mol. The number of fused-ring (bicyclic) bond motifs is 2. The lowest BCUT2D eigenvalue weighted by Crippen LogP contribution is -2.43. The van der Waals surface area contributed by atoms with Gasteiger partial charge in [0.2, 0.25) is 11.9 Å². The summed E-state index contributed by atoms with van der Waals surface area (Å²) in [6.45, 7) is 6.70. The van der Waals surface area contributed by atoms with Crippen LogP contribution in [-0.2, 0) is 11.3 Å². The van der Waals surface area contributed by atoms with E-state index in [0.29, 0.717) is 12.0 Å². The number of morpholine rings is 1. The summed E-state index contributed by atoms with van der Waals surface area (Å²) in [4.78, 5) is 14.6. The van der Waals surface area contributed by atoms with E-state index in [1.807, 2.05) is 4.68 Å². The number of hydrogen-bond acceptors (Lipinski definition) is 6. The molecule has 130 valence electrons. The third-order valence-electron chi connectivity index (χ3n) is 5.94. The van der Waals surface area contributed by atoms with Crippen LogP contribution < -0.4 is 4.90 Å². The normalized spacial score (nSPS) is 30.8. The maximum atomic E-state index is 5.43. The standard InChI is InChI=1S/C17H26N6O/c1-2-6-21(7-3-1)14-5-4-13-12-23-16(18-15(13)14)19-17(20-23)22-8-10-24-11-9-22/h13-14H,1-12H2. The number of ether oxygens (including phenoxy) is 1. The minimum Gasteiger partial charge on any atom is -0.378 e. The summed E-state index contributed by atoms with van der Waals surface area (Å²) >= 11 is 0. The lowest BCUT2D eigenvalue weighted by molar-refractivity contribution is 0.122. The van der Waals surface area contributed by atoms with Gasteiger partial charge in [-0.1, -0.05) is 6.42 Å².